The molecule has 18 heavy (non-hydrogen) atoms. The predicted molar refractivity (Wildman–Crippen MR) is 66.2 cm³/mol. The van der Waals surface area contributed by atoms with Crippen LogP contribution in [-0.2, 0) is 0 Å². The molecule has 0 radical (unpaired) electrons. The van der Waals surface area contributed by atoms with E-state index in [0.29, 0.717) is 18.4 Å². The maximum Gasteiger partial charge on any atom is 0.314 e. The van der Waals surface area contributed by atoms with Crippen molar-refractivity contribution in [1.82, 2.24) is 5.32 Å². The Hall–Kier alpha value is -1.82. The number of benzene rings is 1. The average Bonchev–Trinajstić information content (AvgIpc) is 2.89. The first kappa shape index (κ1) is 12.6. The van der Waals surface area contributed by atoms with Crippen LogP contribution in [0, 0.1) is 10.1 Å². The van der Waals surface area contributed by atoms with Gasteiger partial charge >= 0.3 is 5.69 Å². The fraction of sp³-hybridized carbons (Fsp3) is 0.500. The van der Waals surface area contributed by atoms with Crippen LogP contribution in [0.3, 0.4) is 0 Å². The van der Waals surface area contributed by atoms with E-state index in [1.54, 1.807) is 12.1 Å². The van der Waals surface area contributed by atoms with Gasteiger partial charge in [-0.15, -0.1) is 0 Å². The molecule has 0 amide bonds. The average molecular weight is 252 g/mol. The molecular weight excluding hydrogens is 236 g/mol. The third-order valence-electron chi connectivity index (χ3n) is 2.96. The van der Waals surface area contributed by atoms with E-state index in [2.05, 4.69) is 5.32 Å². The van der Waals surface area contributed by atoms with Gasteiger partial charge in [-0.2, -0.15) is 0 Å². The lowest BCUT2D eigenvalue weighted by Gasteiger charge is -2.12. The van der Waals surface area contributed by atoms with Crippen LogP contribution in [-0.4, -0.2) is 31.2 Å². The lowest BCUT2D eigenvalue weighted by Crippen LogP contribution is -2.28. The molecule has 2 rings (SSSR count). The second-order valence-corrected chi connectivity index (χ2v) is 4.20. The van der Waals surface area contributed by atoms with E-state index in [9.17, 15) is 10.1 Å². The number of hydrogen-bond donors (Lipinski definition) is 1. The fourth-order valence-corrected chi connectivity index (χ4v) is 2.00. The monoisotopic (exact) mass is 252 g/mol. The molecule has 0 saturated carbocycles. The van der Waals surface area contributed by atoms with Crippen molar-refractivity contribution in [3.05, 3.63) is 28.3 Å². The molecule has 0 aromatic heterocycles. The molecule has 6 heteroatoms. The van der Waals surface area contributed by atoms with Crippen LogP contribution in [0.1, 0.15) is 12.8 Å². The lowest BCUT2D eigenvalue weighted by atomic mass is 10.2. The number of nitrogens with one attached hydrogen (secondary N) is 1. The maximum absolute atomic E-state index is 10.9. The highest BCUT2D eigenvalue weighted by atomic mass is 16.6. The largest absolute Gasteiger partial charge is 0.492 e. The molecule has 0 bridgehead atoms. The third-order valence-corrected chi connectivity index (χ3v) is 2.96. The van der Waals surface area contributed by atoms with Crippen LogP contribution in [0.25, 0.3) is 0 Å². The van der Waals surface area contributed by atoms with Crippen molar-refractivity contribution >= 4 is 5.69 Å². The first-order valence-electron chi connectivity index (χ1n) is 5.89. The summed E-state index contributed by atoms with van der Waals surface area (Å²) in [6.45, 7) is 1.54. The van der Waals surface area contributed by atoms with E-state index in [1.165, 1.54) is 13.2 Å². The number of nitro benzene ring substituents is 1. The highest BCUT2D eigenvalue weighted by Gasteiger charge is 2.18. The first-order chi connectivity index (χ1) is 8.70. The summed E-state index contributed by atoms with van der Waals surface area (Å²) < 4.78 is 10.5. The minimum atomic E-state index is -0.473. The zero-order valence-corrected chi connectivity index (χ0v) is 10.2. The smallest absolute Gasteiger partial charge is 0.314 e. The molecule has 1 aliphatic rings. The molecular formula is C12H16N2O4. The molecule has 1 aromatic carbocycles. The van der Waals surface area contributed by atoms with Gasteiger partial charge in [0.15, 0.2) is 5.75 Å². The summed E-state index contributed by atoms with van der Waals surface area (Å²) in [4.78, 5) is 10.4. The molecule has 0 unspecified atom stereocenters. The summed E-state index contributed by atoms with van der Waals surface area (Å²) in [6.07, 6.45) is 2.23. The summed E-state index contributed by atoms with van der Waals surface area (Å²) in [6, 6.07) is 4.97. The van der Waals surface area contributed by atoms with E-state index in [-0.39, 0.29) is 11.4 Å². The number of nitrogens with zero attached hydrogens (tertiary/aromatic N) is 1. The van der Waals surface area contributed by atoms with Crippen LogP contribution >= 0.6 is 0 Å². The SMILES string of the molecule is COc1ccc(OC[C@@H]2CCCN2)cc1[N+](=O)[O-]. The van der Waals surface area contributed by atoms with E-state index in [1.807, 2.05) is 0 Å². The minimum absolute atomic E-state index is 0.0746. The number of methoxy groups -OCH3 is 1. The third kappa shape index (κ3) is 2.89. The van der Waals surface area contributed by atoms with Gasteiger partial charge < -0.3 is 14.8 Å². The number of nitro groups is 1. The van der Waals surface area contributed by atoms with Crippen molar-refractivity contribution < 1.29 is 14.4 Å². The zero-order chi connectivity index (χ0) is 13.0. The van der Waals surface area contributed by atoms with E-state index in [0.717, 1.165) is 19.4 Å². The Morgan fingerprint density at radius 2 is 2.39 bits per heavy atom. The Bertz CT molecular complexity index is 430. The van der Waals surface area contributed by atoms with Crippen molar-refractivity contribution in [3.8, 4) is 11.5 Å². The molecule has 1 fully saturated rings. The summed E-state index contributed by atoms with van der Waals surface area (Å²) in [5.41, 5.74) is -0.0746. The van der Waals surface area contributed by atoms with Crippen molar-refractivity contribution in [1.29, 1.82) is 0 Å². The van der Waals surface area contributed by atoms with E-state index >= 15 is 0 Å². The normalized spacial score (nSPS) is 18.6. The van der Waals surface area contributed by atoms with Gasteiger partial charge in [-0.1, -0.05) is 0 Å². The van der Waals surface area contributed by atoms with Gasteiger partial charge in [0.1, 0.15) is 12.4 Å². The number of rotatable bonds is 5. The highest BCUT2D eigenvalue weighted by molar-refractivity contribution is 5.50. The first-order valence-corrected chi connectivity index (χ1v) is 5.89. The molecule has 1 aliphatic heterocycles. The van der Waals surface area contributed by atoms with Gasteiger partial charge in [0.2, 0.25) is 0 Å². The molecule has 1 N–H and O–H groups in total. The quantitative estimate of drug-likeness (QED) is 0.638. The Morgan fingerprint density at radius 1 is 1.56 bits per heavy atom. The number of ether oxygens (including phenoxy) is 2. The molecule has 6 nitrogen and oxygen atoms in total. The zero-order valence-electron chi connectivity index (χ0n) is 10.2. The minimum Gasteiger partial charge on any atom is -0.492 e. The molecule has 1 heterocycles. The summed E-state index contributed by atoms with van der Waals surface area (Å²) in [5, 5.41) is 14.2. The summed E-state index contributed by atoms with van der Waals surface area (Å²) >= 11 is 0. The molecule has 98 valence electrons. The van der Waals surface area contributed by atoms with Crippen LogP contribution < -0.4 is 14.8 Å². The maximum atomic E-state index is 10.9. The Balaban J connectivity index is 2.04. The second kappa shape index (κ2) is 5.68. The van der Waals surface area contributed by atoms with E-state index in [4.69, 9.17) is 9.47 Å². The molecule has 1 atom stereocenters. The van der Waals surface area contributed by atoms with E-state index < -0.39 is 4.92 Å². The molecule has 1 saturated heterocycles. The Kier molecular flexibility index (Phi) is 3.99. The standard InChI is InChI=1S/C12H16N2O4/c1-17-12-5-4-10(7-11(12)14(15)16)18-8-9-3-2-6-13-9/h4-5,7,9,13H,2-3,6,8H2,1H3/t9-/m0/s1. The van der Waals surface area contributed by atoms with Crippen LogP contribution in [0.2, 0.25) is 0 Å². The van der Waals surface area contributed by atoms with Gasteiger partial charge in [-0.25, -0.2) is 0 Å². The fourth-order valence-electron chi connectivity index (χ4n) is 2.00. The van der Waals surface area contributed by atoms with Crippen molar-refractivity contribution in [3.63, 3.8) is 0 Å². The Labute approximate surface area is 105 Å². The Morgan fingerprint density at radius 3 is 3.00 bits per heavy atom. The van der Waals surface area contributed by atoms with Crippen LogP contribution in [0.4, 0.5) is 5.69 Å². The molecule has 0 spiro atoms. The van der Waals surface area contributed by atoms with Gasteiger partial charge in [0.05, 0.1) is 18.1 Å². The van der Waals surface area contributed by atoms with Crippen molar-refractivity contribution in [2.24, 2.45) is 0 Å². The van der Waals surface area contributed by atoms with Gasteiger partial charge in [-0.3, -0.25) is 10.1 Å². The van der Waals surface area contributed by atoms with Gasteiger partial charge in [0, 0.05) is 6.04 Å². The predicted octanol–water partition coefficient (Wildman–Crippen LogP) is 1.73. The summed E-state index contributed by atoms with van der Waals surface area (Å²) in [7, 11) is 1.41. The second-order valence-electron chi connectivity index (χ2n) is 4.20. The van der Waals surface area contributed by atoms with Crippen molar-refractivity contribution in [2.45, 2.75) is 18.9 Å². The highest BCUT2D eigenvalue weighted by Crippen LogP contribution is 2.30. The lowest BCUT2D eigenvalue weighted by molar-refractivity contribution is -0.385. The molecule has 0 aliphatic carbocycles. The van der Waals surface area contributed by atoms with Gasteiger partial charge in [-0.05, 0) is 31.5 Å². The van der Waals surface area contributed by atoms with Crippen molar-refractivity contribution in [2.75, 3.05) is 20.3 Å². The van der Waals surface area contributed by atoms with Crippen LogP contribution in [0.15, 0.2) is 18.2 Å². The van der Waals surface area contributed by atoms with Crippen LogP contribution in [0.5, 0.6) is 11.5 Å². The number of hydrogen-bond acceptors (Lipinski definition) is 5. The topological polar surface area (TPSA) is 73.6 Å². The molecule has 1 aromatic rings. The summed E-state index contributed by atoms with van der Waals surface area (Å²) in [5.74, 6) is 0.738. The van der Waals surface area contributed by atoms with Gasteiger partial charge in [0.25, 0.3) is 0 Å².